The van der Waals surface area contributed by atoms with E-state index in [1.54, 1.807) is 18.2 Å². The Morgan fingerprint density at radius 1 is 1.22 bits per heavy atom. The molecule has 0 amide bonds. The third-order valence-electron chi connectivity index (χ3n) is 2.54. The second kappa shape index (κ2) is 5.44. The van der Waals surface area contributed by atoms with Gasteiger partial charge in [-0.3, -0.25) is 0 Å². The van der Waals surface area contributed by atoms with Crippen molar-refractivity contribution in [2.45, 2.75) is 6.54 Å². The van der Waals surface area contributed by atoms with Crippen molar-refractivity contribution in [3.05, 3.63) is 58.6 Å². The molecule has 0 saturated carbocycles. The lowest BCUT2D eigenvalue weighted by molar-refractivity contribution is 1.15. The van der Waals surface area contributed by atoms with Crippen molar-refractivity contribution in [3.8, 4) is 6.07 Å². The number of nitrogen functional groups attached to an aromatic ring is 1. The van der Waals surface area contributed by atoms with Gasteiger partial charge in [-0.05, 0) is 35.9 Å². The maximum atomic E-state index is 9.02. The summed E-state index contributed by atoms with van der Waals surface area (Å²) < 4.78 is 0. The van der Waals surface area contributed by atoms with Gasteiger partial charge in [-0.2, -0.15) is 5.26 Å². The topological polar surface area (TPSA) is 61.8 Å². The van der Waals surface area contributed by atoms with Crippen molar-refractivity contribution in [1.82, 2.24) is 0 Å². The van der Waals surface area contributed by atoms with Gasteiger partial charge < -0.3 is 11.1 Å². The number of rotatable bonds is 3. The summed E-state index contributed by atoms with van der Waals surface area (Å²) in [5.74, 6) is 0. The van der Waals surface area contributed by atoms with E-state index in [0.29, 0.717) is 22.8 Å². The molecular formula is C14H12ClN3. The molecule has 18 heavy (non-hydrogen) atoms. The summed E-state index contributed by atoms with van der Waals surface area (Å²) in [5, 5.41) is 12.9. The summed E-state index contributed by atoms with van der Waals surface area (Å²) in [6, 6.07) is 14.9. The lowest BCUT2D eigenvalue weighted by Crippen LogP contribution is -2.01. The highest BCUT2D eigenvalue weighted by Gasteiger charge is 2.02. The number of benzene rings is 2. The normalized spacial score (nSPS) is 9.78. The number of hydrogen-bond acceptors (Lipinski definition) is 3. The standard InChI is InChI=1S/C14H12ClN3/c15-12-3-1-2-10(6-12)9-18-14-5-4-13(17)7-11(14)8-16/h1-7,18H,9,17H2. The van der Waals surface area contributed by atoms with E-state index in [-0.39, 0.29) is 0 Å². The number of nitrogens with zero attached hydrogens (tertiary/aromatic N) is 1. The fraction of sp³-hybridized carbons (Fsp3) is 0.0714. The zero-order chi connectivity index (χ0) is 13.0. The summed E-state index contributed by atoms with van der Waals surface area (Å²) in [7, 11) is 0. The molecule has 0 aliphatic heterocycles. The van der Waals surface area contributed by atoms with Crippen molar-refractivity contribution in [1.29, 1.82) is 5.26 Å². The first-order valence-corrected chi connectivity index (χ1v) is 5.85. The molecule has 2 aromatic carbocycles. The van der Waals surface area contributed by atoms with Crippen LogP contribution in [0.25, 0.3) is 0 Å². The van der Waals surface area contributed by atoms with E-state index in [4.69, 9.17) is 22.6 Å². The van der Waals surface area contributed by atoms with E-state index in [1.165, 1.54) is 0 Å². The van der Waals surface area contributed by atoms with Crippen LogP contribution in [0.4, 0.5) is 11.4 Å². The van der Waals surface area contributed by atoms with Crippen molar-refractivity contribution in [3.63, 3.8) is 0 Å². The van der Waals surface area contributed by atoms with E-state index in [0.717, 1.165) is 11.3 Å². The molecule has 3 nitrogen and oxygen atoms in total. The first kappa shape index (κ1) is 12.3. The molecule has 3 N–H and O–H groups in total. The average Bonchev–Trinajstić information content (AvgIpc) is 2.37. The molecule has 0 saturated heterocycles. The number of halogens is 1. The van der Waals surface area contributed by atoms with E-state index in [1.807, 2.05) is 24.3 Å². The van der Waals surface area contributed by atoms with Gasteiger partial charge in [-0.25, -0.2) is 0 Å². The van der Waals surface area contributed by atoms with E-state index in [2.05, 4.69) is 11.4 Å². The van der Waals surface area contributed by atoms with Crippen LogP contribution in [0.1, 0.15) is 11.1 Å². The molecule has 4 heteroatoms. The molecule has 0 aliphatic rings. The Balaban J connectivity index is 2.14. The predicted molar refractivity (Wildman–Crippen MR) is 74.3 cm³/mol. The summed E-state index contributed by atoms with van der Waals surface area (Å²) in [6.07, 6.45) is 0. The second-order valence-electron chi connectivity index (χ2n) is 3.90. The zero-order valence-corrected chi connectivity index (χ0v) is 10.4. The van der Waals surface area contributed by atoms with Crippen LogP contribution in [0, 0.1) is 11.3 Å². The molecule has 0 unspecified atom stereocenters. The number of nitrogens with one attached hydrogen (secondary N) is 1. The number of anilines is 2. The number of nitriles is 1. The summed E-state index contributed by atoms with van der Waals surface area (Å²) in [5.41, 5.74) is 8.58. The molecule has 0 heterocycles. The van der Waals surface area contributed by atoms with Crippen LogP contribution >= 0.6 is 11.6 Å². The lowest BCUT2D eigenvalue weighted by Gasteiger charge is -2.09. The molecule has 2 rings (SSSR count). The molecule has 2 aromatic rings. The average molecular weight is 258 g/mol. The number of hydrogen-bond donors (Lipinski definition) is 2. The van der Waals surface area contributed by atoms with Crippen molar-refractivity contribution >= 4 is 23.0 Å². The zero-order valence-electron chi connectivity index (χ0n) is 9.65. The fourth-order valence-corrected chi connectivity index (χ4v) is 1.87. The molecule has 0 radical (unpaired) electrons. The maximum Gasteiger partial charge on any atom is 0.101 e. The minimum Gasteiger partial charge on any atom is -0.399 e. The largest absolute Gasteiger partial charge is 0.399 e. The van der Waals surface area contributed by atoms with Crippen LogP contribution in [-0.2, 0) is 6.54 Å². The second-order valence-corrected chi connectivity index (χ2v) is 4.34. The van der Waals surface area contributed by atoms with Gasteiger partial charge in [0.2, 0.25) is 0 Å². The number of nitrogens with two attached hydrogens (primary N) is 1. The SMILES string of the molecule is N#Cc1cc(N)ccc1NCc1cccc(Cl)c1. The van der Waals surface area contributed by atoms with Crippen LogP contribution in [0.15, 0.2) is 42.5 Å². The molecule has 90 valence electrons. The highest BCUT2D eigenvalue weighted by Crippen LogP contribution is 2.19. The van der Waals surface area contributed by atoms with Crippen molar-refractivity contribution in [2.24, 2.45) is 0 Å². The van der Waals surface area contributed by atoms with Crippen LogP contribution in [0.2, 0.25) is 5.02 Å². The fourth-order valence-electron chi connectivity index (χ4n) is 1.65. The third-order valence-corrected chi connectivity index (χ3v) is 2.77. The summed E-state index contributed by atoms with van der Waals surface area (Å²) in [6.45, 7) is 0.610. The Morgan fingerprint density at radius 2 is 2.06 bits per heavy atom. The third kappa shape index (κ3) is 2.93. The Hall–Kier alpha value is -2.18. The maximum absolute atomic E-state index is 9.02. The Kier molecular flexibility index (Phi) is 3.71. The molecule has 0 fully saturated rings. The predicted octanol–water partition coefficient (Wildman–Crippen LogP) is 3.41. The molecule has 0 atom stereocenters. The van der Waals surface area contributed by atoms with Crippen LogP contribution in [0.5, 0.6) is 0 Å². The van der Waals surface area contributed by atoms with E-state index >= 15 is 0 Å². The van der Waals surface area contributed by atoms with Crippen LogP contribution in [-0.4, -0.2) is 0 Å². The molecule has 0 bridgehead atoms. The van der Waals surface area contributed by atoms with E-state index in [9.17, 15) is 0 Å². The van der Waals surface area contributed by atoms with Gasteiger partial charge in [0.25, 0.3) is 0 Å². The quantitative estimate of drug-likeness (QED) is 0.829. The Morgan fingerprint density at radius 3 is 2.78 bits per heavy atom. The summed E-state index contributed by atoms with van der Waals surface area (Å²) >= 11 is 5.91. The van der Waals surface area contributed by atoms with E-state index < -0.39 is 0 Å². The summed E-state index contributed by atoms with van der Waals surface area (Å²) in [4.78, 5) is 0. The molecule has 0 aromatic heterocycles. The van der Waals surface area contributed by atoms with Crippen LogP contribution < -0.4 is 11.1 Å². The van der Waals surface area contributed by atoms with Gasteiger partial charge >= 0.3 is 0 Å². The molecule has 0 aliphatic carbocycles. The highest BCUT2D eigenvalue weighted by atomic mass is 35.5. The Labute approximate surface area is 111 Å². The van der Waals surface area contributed by atoms with Gasteiger partial charge in [0.15, 0.2) is 0 Å². The molecular weight excluding hydrogens is 246 g/mol. The van der Waals surface area contributed by atoms with Gasteiger partial charge in [0, 0.05) is 17.3 Å². The first-order valence-electron chi connectivity index (χ1n) is 5.47. The van der Waals surface area contributed by atoms with Gasteiger partial charge in [-0.1, -0.05) is 23.7 Å². The smallest absolute Gasteiger partial charge is 0.101 e. The highest BCUT2D eigenvalue weighted by molar-refractivity contribution is 6.30. The molecule has 0 spiro atoms. The first-order chi connectivity index (χ1) is 8.69. The van der Waals surface area contributed by atoms with Gasteiger partial charge in [0.1, 0.15) is 6.07 Å². The Bertz CT molecular complexity index is 602. The van der Waals surface area contributed by atoms with Crippen molar-refractivity contribution in [2.75, 3.05) is 11.1 Å². The lowest BCUT2D eigenvalue weighted by atomic mass is 10.1. The minimum atomic E-state index is 0.539. The van der Waals surface area contributed by atoms with Crippen molar-refractivity contribution < 1.29 is 0 Å². The monoisotopic (exact) mass is 257 g/mol. The minimum absolute atomic E-state index is 0.539. The van der Waals surface area contributed by atoms with Gasteiger partial charge in [-0.15, -0.1) is 0 Å². The van der Waals surface area contributed by atoms with Crippen LogP contribution in [0.3, 0.4) is 0 Å². The van der Waals surface area contributed by atoms with Gasteiger partial charge in [0.05, 0.1) is 11.3 Å².